The molecule has 1 amide bonds. The Morgan fingerprint density at radius 2 is 1.76 bits per heavy atom. The predicted molar refractivity (Wildman–Crippen MR) is 128 cm³/mol. The molecule has 0 unspecified atom stereocenters. The first-order valence-corrected chi connectivity index (χ1v) is 10.6. The van der Waals surface area contributed by atoms with Crippen LogP contribution in [0, 0.1) is 0 Å². The van der Waals surface area contributed by atoms with Crippen molar-refractivity contribution in [2.75, 3.05) is 26.0 Å². The summed E-state index contributed by atoms with van der Waals surface area (Å²) in [5.74, 6) is 0.419. The Morgan fingerprint density at radius 1 is 1.06 bits per heavy atom. The minimum Gasteiger partial charge on any atom is -0.370 e. The van der Waals surface area contributed by atoms with E-state index in [1.165, 1.54) is 4.90 Å². The van der Waals surface area contributed by atoms with Crippen LogP contribution in [0.5, 0.6) is 0 Å². The fourth-order valence-corrected chi connectivity index (χ4v) is 3.24. The van der Waals surface area contributed by atoms with E-state index >= 15 is 0 Å². The van der Waals surface area contributed by atoms with Crippen LogP contribution in [0.3, 0.4) is 0 Å². The van der Waals surface area contributed by atoms with Crippen molar-refractivity contribution in [3.8, 4) is 0 Å². The van der Waals surface area contributed by atoms with Crippen molar-refractivity contribution in [2.24, 2.45) is 10.7 Å². The predicted octanol–water partition coefficient (Wildman–Crippen LogP) is 3.44. The molecule has 0 aliphatic heterocycles. The average Bonchev–Trinajstić information content (AvgIpc) is 3.28. The number of hydrogen-bond acceptors (Lipinski definition) is 5. The van der Waals surface area contributed by atoms with Gasteiger partial charge in [0.05, 0.1) is 12.2 Å². The molecular formula is C25H29N5O3. The van der Waals surface area contributed by atoms with E-state index in [1.807, 2.05) is 56.3 Å². The van der Waals surface area contributed by atoms with Crippen LogP contribution < -0.4 is 11.1 Å². The molecule has 1 heterocycles. The standard InChI is InChI=1S/C25H29N5O3/c1-25(2,19-12-8-11-18(15-19)23(32)17-9-6-5-7-10-17)20-16-21(33-29-20)28-24(26)27-14-13-22(31)30(3)4/h5-12,15-16H,13-14H2,1-4H3,(H3,26,27,28). The Morgan fingerprint density at radius 3 is 2.45 bits per heavy atom. The van der Waals surface area contributed by atoms with E-state index in [2.05, 4.69) is 15.5 Å². The summed E-state index contributed by atoms with van der Waals surface area (Å²) in [4.78, 5) is 30.1. The number of carbonyl (C=O) groups is 2. The van der Waals surface area contributed by atoms with Crippen LogP contribution in [0.25, 0.3) is 0 Å². The zero-order chi connectivity index (χ0) is 24.0. The maximum absolute atomic E-state index is 12.9. The van der Waals surface area contributed by atoms with Gasteiger partial charge in [-0.05, 0) is 11.6 Å². The highest BCUT2D eigenvalue weighted by molar-refractivity contribution is 6.09. The van der Waals surface area contributed by atoms with E-state index in [9.17, 15) is 9.59 Å². The molecule has 0 atom stereocenters. The zero-order valence-electron chi connectivity index (χ0n) is 19.3. The Kier molecular flexibility index (Phi) is 7.27. The van der Waals surface area contributed by atoms with Gasteiger partial charge in [-0.3, -0.25) is 19.9 Å². The normalized spacial score (nSPS) is 11.8. The molecular weight excluding hydrogens is 418 g/mol. The number of amides is 1. The first-order chi connectivity index (χ1) is 15.7. The summed E-state index contributed by atoms with van der Waals surface area (Å²) in [6, 6.07) is 18.5. The van der Waals surface area contributed by atoms with E-state index in [1.54, 1.807) is 32.3 Å². The first-order valence-electron chi connectivity index (χ1n) is 10.6. The topological polar surface area (TPSA) is 114 Å². The van der Waals surface area contributed by atoms with Gasteiger partial charge in [0.25, 0.3) is 0 Å². The molecule has 0 radical (unpaired) electrons. The SMILES string of the molecule is CN(C)C(=O)CCN=C(N)Nc1cc(C(C)(C)c2cccc(C(=O)c3ccccc3)c2)no1. The maximum Gasteiger partial charge on any atom is 0.231 e. The lowest BCUT2D eigenvalue weighted by Crippen LogP contribution is -2.25. The van der Waals surface area contributed by atoms with Crippen LogP contribution in [0.1, 0.15) is 47.4 Å². The lowest BCUT2D eigenvalue weighted by molar-refractivity contribution is -0.128. The molecule has 0 saturated heterocycles. The number of nitrogens with zero attached hydrogens (tertiary/aromatic N) is 3. The van der Waals surface area contributed by atoms with Gasteiger partial charge in [0.1, 0.15) is 0 Å². The molecule has 2 aromatic carbocycles. The van der Waals surface area contributed by atoms with E-state index in [0.29, 0.717) is 22.7 Å². The number of carbonyl (C=O) groups excluding carboxylic acids is 2. The van der Waals surface area contributed by atoms with Gasteiger partial charge in [0, 0.05) is 43.1 Å². The minimum atomic E-state index is -0.527. The van der Waals surface area contributed by atoms with E-state index in [0.717, 1.165) is 5.56 Å². The van der Waals surface area contributed by atoms with Crippen LogP contribution in [0.2, 0.25) is 0 Å². The third-order valence-corrected chi connectivity index (χ3v) is 5.39. The Bertz CT molecular complexity index is 1150. The van der Waals surface area contributed by atoms with Crippen LogP contribution in [0.4, 0.5) is 5.88 Å². The van der Waals surface area contributed by atoms with Crippen LogP contribution in [-0.2, 0) is 10.2 Å². The second kappa shape index (κ2) is 10.1. The molecule has 1 aromatic heterocycles. The minimum absolute atomic E-state index is 0.0248. The van der Waals surface area contributed by atoms with Gasteiger partial charge in [-0.1, -0.05) is 67.5 Å². The van der Waals surface area contributed by atoms with Crippen LogP contribution in [-0.4, -0.2) is 48.3 Å². The van der Waals surface area contributed by atoms with Gasteiger partial charge in [-0.25, -0.2) is 0 Å². The highest BCUT2D eigenvalue weighted by Crippen LogP contribution is 2.32. The van der Waals surface area contributed by atoms with E-state index in [-0.39, 0.29) is 30.6 Å². The van der Waals surface area contributed by atoms with Gasteiger partial charge in [-0.15, -0.1) is 0 Å². The number of rotatable bonds is 8. The average molecular weight is 448 g/mol. The second-order valence-corrected chi connectivity index (χ2v) is 8.41. The number of nitrogens with one attached hydrogen (secondary N) is 1. The Balaban J connectivity index is 1.73. The van der Waals surface area contributed by atoms with Gasteiger partial charge in [0.15, 0.2) is 11.7 Å². The number of ketones is 1. The number of benzene rings is 2. The molecule has 0 bridgehead atoms. The van der Waals surface area contributed by atoms with Crippen molar-refractivity contribution in [1.29, 1.82) is 0 Å². The maximum atomic E-state index is 12.9. The van der Waals surface area contributed by atoms with Crippen molar-refractivity contribution < 1.29 is 14.1 Å². The van der Waals surface area contributed by atoms with Crippen molar-refractivity contribution >= 4 is 23.5 Å². The molecule has 0 aliphatic rings. The molecule has 3 N–H and O–H groups in total. The van der Waals surface area contributed by atoms with Crippen LogP contribution >= 0.6 is 0 Å². The molecule has 3 rings (SSSR count). The van der Waals surface area contributed by atoms with E-state index < -0.39 is 5.41 Å². The summed E-state index contributed by atoms with van der Waals surface area (Å²) in [5.41, 5.74) is 8.21. The quantitative estimate of drug-likeness (QED) is 0.311. The lowest BCUT2D eigenvalue weighted by atomic mass is 9.80. The highest BCUT2D eigenvalue weighted by Gasteiger charge is 2.28. The van der Waals surface area contributed by atoms with E-state index in [4.69, 9.17) is 10.3 Å². The van der Waals surface area contributed by atoms with Crippen molar-refractivity contribution in [2.45, 2.75) is 25.7 Å². The number of hydrogen-bond donors (Lipinski definition) is 2. The second-order valence-electron chi connectivity index (χ2n) is 8.41. The third kappa shape index (κ3) is 5.85. The Hall–Kier alpha value is -3.94. The summed E-state index contributed by atoms with van der Waals surface area (Å²) in [6.07, 6.45) is 0.266. The monoisotopic (exact) mass is 447 g/mol. The fraction of sp³-hybridized carbons (Fsp3) is 0.280. The number of guanidine groups is 1. The smallest absolute Gasteiger partial charge is 0.231 e. The first kappa shape index (κ1) is 23.7. The number of aliphatic imine (C=N–C) groups is 1. The largest absolute Gasteiger partial charge is 0.370 e. The molecule has 33 heavy (non-hydrogen) atoms. The van der Waals surface area contributed by atoms with Crippen molar-refractivity contribution in [1.82, 2.24) is 10.1 Å². The molecule has 172 valence electrons. The van der Waals surface area contributed by atoms with Crippen LogP contribution in [0.15, 0.2) is 70.2 Å². The van der Waals surface area contributed by atoms with Gasteiger partial charge in [-0.2, -0.15) is 0 Å². The molecule has 8 heteroatoms. The van der Waals surface area contributed by atoms with Crippen molar-refractivity contribution in [3.63, 3.8) is 0 Å². The number of nitrogens with two attached hydrogens (primary N) is 1. The summed E-state index contributed by atoms with van der Waals surface area (Å²) in [5, 5.41) is 7.05. The molecule has 8 nitrogen and oxygen atoms in total. The van der Waals surface area contributed by atoms with Gasteiger partial charge in [0.2, 0.25) is 11.8 Å². The van der Waals surface area contributed by atoms with Gasteiger partial charge >= 0.3 is 0 Å². The highest BCUT2D eigenvalue weighted by atomic mass is 16.5. The summed E-state index contributed by atoms with van der Waals surface area (Å²) >= 11 is 0. The summed E-state index contributed by atoms with van der Waals surface area (Å²) in [7, 11) is 3.39. The van der Waals surface area contributed by atoms with Gasteiger partial charge < -0.3 is 15.2 Å². The third-order valence-electron chi connectivity index (χ3n) is 5.39. The zero-order valence-corrected chi connectivity index (χ0v) is 19.3. The molecule has 0 spiro atoms. The Labute approximate surface area is 193 Å². The number of anilines is 1. The van der Waals surface area contributed by atoms with Crippen molar-refractivity contribution in [3.05, 3.63) is 83.0 Å². The molecule has 0 fully saturated rings. The molecule has 3 aromatic rings. The number of aromatic nitrogens is 1. The molecule has 0 aliphatic carbocycles. The summed E-state index contributed by atoms with van der Waals surface area (Å²) < 4.78 is 5.39. The lowest BCUT2D eigenvalue weighted by Gasteiger charge is -2.22. The summed E-state index contributed by atoms with van der Waals surface area (Å²) in [6.45, 7) is 4.28. The molecule has 0 saturated carbocycles. The fourth-order valence-electron chi connectivity index (χ4n) is 3.24.